The van der Waals surface area contributed by atoms with Crippen LogP contribution in [0.4, 0.5) is 0 Å². The first-order valence-corrected chi connectivity index (χ1v) is 11.3. The van der Waals surface area contributed by atoms with E-state index in [2.05, 4.69) is 32.9 Å². The van der Waals surface area contributed by atoms with Crippen LogP contribution in [0.25, 0.3) is 0 Å². The third-order valence-electron chi connectivity index (χ3n) is 4.97. The lowest BCUT2D eigenvalue weighted by Crippen LogP contribution is -2.87. The molecule has 0 aliphatic carbocycles. The Hall–Kier alpha value is -1.93. The minimum atomic E-state index is -3.69. The molecule has 0 radical (unpaired) electrons. The summed E-state index contributed by atoms with van der Waals surface area (Å²) < 4.78 is 28.5. The van der Waals surface area contributed by atoms with Crippen LogP contribution in [0.5, 0.6) is 5.75 Å². The molecule has 0 aliphatic rings. The molecule has 0 saturated heterocycles. The molecule has 6 nitrogen and oxygen atoms in total. The zero-order valence-corrected chi connectivity index (χ0v) is 18.7. The fraction of sp³-hybridized carbons (Fsp3) is 0.455. The SMILES string of the molecule is Cc1cc(C(C)(C)C)ccc1OC[C@@H](O)C[NH2+][C@H](C)c1ccc(S(N)(=O)=O)cc1. The molecule has 0 amide bonds. The second-order valence-electron chi connectivity index (χ2n) is 8.57. The van der Waals surface area contributed by atoms with Crippen LogP contribution in [0.1, 0.15) is 50.4 Å². The second kappa shape index (κ2) is 9.26. The van der Waals surface area contributed by atoms with Gasteiger partial charge in [0.2, 0.25) is 10.0 Å². The van der Waals surface area contributed by atoms with Crippen LogP contribution in [0, 0.1) is 6.92 Å². The minimum absolute atomic E-state index is 0.0620. The smallest absolute Gasteiger partial charge is 0.238 e. The van der Waals surface area contributed by atoms with E-state index >= 15 is 0 Å². The highest BCUT2D eigenvalue weighted by Gasteiger charge is 2.17. The van der Waals surface area contributed by atoms with E-state index in [-0.39, 0.29) is 23.0 Å². The Bertz CT molecular complexity index is 919. The Balaban J connectivity index is 1.86. The predicted molar refractivity (Wildman–Crippen MR) is 114 cm³/mol. The van der Waals surface area contributed by atoms with Gasteiger partial charge < -0.3 is 15.2 Å². The van der Waals surface area contributed by atoms with Crippen molar-refractivity contribution < 1.29 is 23.6 Å². The minimum Gasteiger partial charge on any atom is -0.490 e. The van der Waals surface area contributed by atoms with Crippen molar-refractivity contribution in [1.82, 2.24) is 0 Å². The van der Waals surface area contributed by atoms with Gasteiger partial charge in [-0.25, -0.2) is 13.6 Å². The summed E-state index contributed by atoms with van der Waals surface area (Å²) in [5.41, 5.74) is 3.34. The summed E-state index contributed by atoms with van der Waals surface area (Å²) in [7, 11) is -3.69. The lowest BCUT2D eigenvalue weighted by Gasteiger charge is -2.21. The summed E-state index contributed by atoms with van der Waals surface area (Å²) in [6.45, 7) is 11.2. The highest BCUT2D eigenvalue weighted by Crippen LogP contribution is 2.27. The van der Waals surface area contributed by atoms with Crippen molar-refractivity contribution >= 4 is 10.0 Å². The Morgan fingerprint density at radius 1 is 1.14 bits per heavy atom. The van der Waals surface area contributed by atoms with E-state index in [1.807, 2.05) is 25.2 Å². The van der Waals surface area contributed by atoms with Gasteiger partial charge in [0.25, 0.3) is 0 Å². The van der Waals surface area contributed by atoms with Gasteiger partial charge in [-0.05, 0) is 48.6 Å². The average molecular weight is 422 g/mol. The van der Waals surface area contributed by atoms with Gasteiger partial charge >= 0.3 is 0 Å². The van der Waals surface area contributed by atoms with Gasteiger partial charge in [0.05, 0.1) is 4.90 Å². The number of hydrogen-bond donors (Lipinski definition) is 3. The quantitative estimate of drug-likeness (QED) is 0.606. The van der Waals surface area contributed by atoms with Crippen molar-refractivity contribution in [2.24, 2.45) is 5.14 Å². The molecule has 160 valence electrons. The average Bonchev–Trinajstić information content (AvgIpc) is 2.63. The molecule has 0 spiro atoms. The zero-order chi connectivity index (χ0) is 21.8. The molecule has 2 rings (SSSR count). The van der Waals surface area contributed by atoms with Crippen molar-refractivity contribution in [2.45, 2.75) is 57.1 Å². The van der Waals surface area contributed by atoms with Crippen LogP contribution in [-0.2, 0) is 15.4 Å². The van der Waals surface area contributed by atoms with E-state index in [9.17, 15) is 13.5 Å². The molecule has 0 fully saturated rings. The number of primary sulfonamides is 1. The first-order valence-electron chi connectivity index (χ1n) is 9.76. The zero-order valence-electron chi connectivity index (χ0n) is 17.8. The topological polar surface area (TPSA) is 106 Å². The Labute approximate surface area is 174 Å². The Morgan fingerprint density at radius 3 is 2.28 bits per heavy atom. The molecule has 2 aromatic carbocycles. The second-order valence-corrected chi connectivity index (χ2v) is 10.1. The number of benzene rings is 2. The number of nitrogens with two attached hydrogens (primary N) is 2. The molecular formula is C22H33N2O4S+. The van der Waals surface area contributed by atoms with Gasteiger partial charge in [-0.15, -0.1) is 0 Å². The van der Waals surface area contributed by atoms with E-state index in [1.165, 1.54) is 17.7 Å². The van der Waals surface area contributed by atoms with Crippen molar-refractivity contribution in [1.29, 1.82) is 0 Å². The molecule has 0 saturated carbocycles. The van der Waals surface area contributed by atoms with Crippen LogP contribution >= 0.6 is 0 Å². The summed E-state index contributed by atoms with van der Waals surface area (Å²) in [6, 6.07) is 12.7. The third kappa shape index (κ3) is 6.82. The largest absolute Gasteiger partial charge is 0.490 e. The normalized spacial score (nSPS) is 14.4. The van der Waals surface area contributed by atoms with Gasteiger partial charge in [0.1, 0.15) is 31.0 Å². The van der Waals surface area contributed by atoms with Gasteiger partial charge in [-0.3, -0.25) is 0 Å². The molecule has 0 unspecified atom stereocenters. The van der Waals surface area contributed by atoms with Crippen LogP contribution in [0.2, 0.25) is 0 Å². The maximum Gasteiger partial charge on any atom is 0.238 e. The fourth-order valence-corrected chi connectivity index (χ4v) is 3.51. The van der Waals surface area contributed by atoms with Gasteiger partial charge in [-0.2, -0.15) is 0 Å². The Morgan fingerprint density at radius 2 is 1.76 bits per heavy atom. The molecular weight excluding hydrogens is 388 g/mol. The standard InChI is InChI=1S/C22H32N2O4S/c1-15-12-18(22(3,4)5)8-11-21(15)28-14-19(25)13-24-16(2)17-6-9-20(10-7-17)29(23,26)27/h6-12,16,19,24-25H,13-14H2,1-5H3,(H2,23,26,27)/p+1/t16-,19+/m1/s1. The van der Waals surface area contributed by atoms with Gasteiger partial charge in [0.15, 0.2) is 0 Å². The molecule has 2 aromatic rings. The highest BCUT2D eigenvalue weighted by atomic mass is 32.2. The van der Waals surface area contributed by atoms with Crippen LogP contribution in [-0.4, -0.2) is 32.8 Å². The summed E-state index contributed by atoms with van der Waals surface area (Å²) in [4.78, 5) is 0.0923. The monoisotopic (exact) mass is 421 g/mol. The highest BCUT2D eigenvalue weighted by molar-refractivity contribution is 7.89. The fourth-order valence-electron chi connectivity index (χ4n) is 2.99. The van der Waals surface area contributed by atoms with Crippen LogP contribution in [0.15, 0.2) is 47.4 Å². The van der Waals surface area contributed by atoms with E-state index < -0.39 is 16.1 Å². The Kier molecular flexibility index (Phi) is 7.45. The third-order valence-corrected chi connectivity index (χ3v) is 5.90. The van der Waals surface area contributed by atoms with Crippen molar-refractivity contribution in [2.75, 3.05) is 13.2 Å². The predicted octanol–water partition coefficient (Wildman–Crippen LogP) is 2.00. The van der Waals surface area contributed by atoms with Crippen molar-refractivity contribution in [3.05, 3.63) is 59.2 Å². The summed E-state index contributed by atoms with van der Waals surface area (Å²) >= 11 is 0. The summed E-state index contributed by atoms with van der Waals surface area (Å²) in [6.07, 6.45) is -0.622. The number of rotatable bonds is 8. The number of sulfonamides is 1. The number of ether oxygens (including phenoxy) is 1. The van der Waals surface area contributed by atoms with E-state index in [0.29, 0.717) is 6.54 Å². The lowest BCUT2D eigenvalue weighted by molar-refractivity contribution is -0.698. The van der Waals surface area contributed by atoms with Crippen LogP contribution < -0.4 is 15.2 Å². The van der Waals surface area contributed by atoms with E-state index in [0.717, 1.165) is 16.9 Å². The van der Waals surface area contributed by atoms with Crippen LogP contribution in [0.3, 0.4) is 0 Å². The van der Waals surface area contributed by atoms with Gasteiger partial charge in [0, 0.05) is 5.56 Å². The van der Waals surface area contributed by atoms with E-state index in [1.54, 1.807) is 12.1 Å². The molecule has 0 aromatic heterocycles. The molecule has 29 heavy (non-hydrogen) atoms. The molecule has 7 heteroatoms. The number of aliphatic hydroxyl groups is 1. The van der Waals surface area contributed by atoms with Crippen molar-refractivity contribution in [3.8, 4) is 5.75 Å². The maximum atomic E-state index is 11.3. The summed E-state index contributed by atoms with van der Waals surface area (Å²) in [5.74, 6) is 0.781. The molecule has 5 N–H and O–H groups in total. The van der Waals surface area contributed by atoms with Crippen molar-refractivity contribution in [3.63, 3.8) is 0 Å². The number of quaternary nitrogens is 1. The molecule has 0 aliphatic heterocycles. The molecule has 2 atom stereocenters. The molecule has 0 bridgehead atoms. The lowest BCUT2D eigenvalue weighted by atomic mass is 9.86. The first-order chi connectivity index (χ1) is 13.4. The number of hydrogen-bond acceptors (Lipinski definition) is 4. The summed E-state index contributed by atoms with van der Waals surface area (Å²) in [5, 5.41) is 17.4. The molecule has 0 heterocycles. The first kappa shape index (κ1) is 23.3. The number of aliphatic hydroxyl groups excluding tert-OH is 1. The number of aryl methyl sites for hydroxylation is 1. The maximum absolute atomic E-state index is 11.3. The van der Waals surface area contributed by atoms with Gasteiger partial charge in [-0.1, -0.05) is 45.0 Å². The van der Waals surface area contributed by atoms with E-state index in [4.69, 9.17) is 9.88 Å².